The number of hydrogen-bond acceptors (Lipinski definition) is 4. The van der Waals surface area contributed by atoms with Gasteiger partial charge in [-0.15, -0.1) is 0 Å². The largest absolute Gasteiger partial charge is 0.491 e. The first-order valence-electron chi connectivity index (χ1n) is 8.41. The van der Waals surface area contributed by atoms with Crippen molar-refractivity contribution in [1.29, 1.82) is 0 Å². The Hall–Kier alpha value is -1.62. The van der Waals surface area contributed by atoms with Crippen molar-refractivity contribution in [2.45, 2.75) is 20.8 Å². The van der Waals surface area contributed by atoms with Gasteiger partial charge in [0, 0.05) is 12.5 Å². The van der Waals surface area contributed by atoms with Crippen molar-refractivity contribution in [2.24, 2.45) is 0 Å². The van der Waals surface area contributed by atoms with E-state index in [4.69, 9.17) is 18.9 Å². The molecule has 0 aromatic heterocycles. The molecule has 0 heterocycles. The van der Waals surface area contributed by atoms with Crippen LogP contribution in [0, 0.1) is 20.8 Å². The number of benzene rings is 2. The Balaban J connectivity index is 1.86. The smallest absolute Gasteiger partial charge is 0.127 e. The second-order valence-electron chi connectivity index (χ2n) is 5.95. The Morgan fingerprint density at radius 2 is 1.38 bits per heavy atom. The summed E-state index contributed by atoms with van der Waals surface area (Å²) in [4.78, 5) is 0. The fraction of sp³-hybridized carbons (Fsp3) is 0.500. The van der Waals surface area contributed by atoms with Gasteiger partial charge in [0.2, 0.25) is 0 Å². The molecule has 0 aliphatic heterocycles. The highest BCUT2D eigenvalue weighted by atomic mass is 16.6. The van der Waals surface area contributed by atoms with E-state index in [2.05, 4.69) is 45.0 Å². The summed E-state index contributed by atoms with van der Waals surface area (Å²) in [7, 11) is 1.66. The van der Waals surface area contributed by atoms with E-state index in [-0.39, 0.29) is 0 Å². The average molecular weight is 332 g/mol. The van der Waals surface area contributed by atoms with Crippen LogP contribution in [-0.2, 0) is 14.2 Å². The Bertz CT molecular complexity index is 652. The number of methoxy groups -OCH3 is 1. The van der Waals surface area contributed by atoms with Crippen LogP contribution in [0.4, 0.5) is 0 Å². The van der Waals surface area contributed by atoms with Crippen LogP contribution in [-0.4, -0.2) is 46.8 Å². The molecular formula is C20H28O4. The molecule has 0 aliphatic carbocycles. The Morgan fingerprint density at radius 3 is 2.08 bits per heavy atom. The molecular weight excluding hydrogens is 304 g/mol. The molecule has 0 fully saturated rings. The average Bonchev–Trinajstić information content (AvgIpc) is 2.56. The lowest BCUT2D eigenvalue weighted by atomic mass is 9.98. The van der Waals surface area contributed by atoms with E-state index in [0.717, 1.165) is 5.75 Å². The lowest BCUT2D eigenvalue weighted by molar-refractivity contribution is 0.0181. The summed E-state index contributed by atoms with van der Waals surface area (Å²) >= 11 is 0. The highest BCUT2D eigenvalue weighted by Crippen LogP contribution is 2.32. The van der Waals surface area contributed by atoms with Crippen LogP contribution < -0.4 is 4.74 Å². The molecule has 132 valence electrons. The molecule has 0 spiro atoms. The third-order valence-electron chi connectivity index (χ3n) is 3.94. The summed E-state index contributed by atoms with van der Waals surface area (Å²) in [5.41, 5.74) is 3.71. The van der Waals surface area contributed by atoms with Crippen LogP contribution in [0.2, 0.25) is 0 Å². The molecule has 0 atom stereocenters. The fourth-order valence-electron chi connectivity index (χ4n) is 2.68. The van der Waals surface area contributed by atoms with E-state index in [1.165, 1.54) is 27.5 Å². The van der Waals surface area contributed by atoms with E-state index < -0.39 is 0 Å². The summed E-state index contributed by atoms with van der Waals surface area (Å²) in [6, 6.07) is 8.63. The van der Waals surface area contributed by atoms with Gasteiger partial charge in [-0.3, -0.25) is 0 Å². The molecule has 0 N–H and O–H groups in total. The van der Waals surface area contributed by atoms with Crippen LogP contribution in [0.3, 0.4) is 0 Å². The van der Waals surface area contributed by atoms with Gasteiger partial charge < -0.3 is 18.9 Å². The molecule has 2 aromatic carbocycles. The maximum atomic E-state index is 6.00. The number of rotatable bonds is 10. The molecule has 4 heteroatoms. The normalized spacial score (nSPS) is 11.2. The first-order valence-corrected chi connectivity index (χ1v) is 8.41. The molecule has 0 radical (unpaired) electrons. The summed E-state index contributed by atoms with van der Waals surface area (Å²) in [5.74, 6) is 0.936. The SMILES string of the molecule is COCCOCCOCCOc1cc(C)cc2c(C)ccc(C)c12. The summed E-state index contributed by atoms with van der Waals surface area (Å²) in [6.07, 6.45) is 0. The van der Waals surface area contributed by atoms with Crippen molar-refractivity contribution < 1.29 is 18.9 Å². The molecule has 0 bridgehead atoms. The van der Waals surface area contributed by atoms with E-state index in [9.17, 15) is 0 Å². The zero-order valence-corrected chi connectivity index (χ0v) is 15.2. The minimum atomic E-state index is 0.532. The molecule has 0 saturated heterocycles. The monoisotopic (exact) mass is 332 g/mol. The lowest BCUT2D eigenvalue weighted by Crippen LogP contribution is -2.12. The predicted molar refractivity (Wildman–Crippen MR) is 97.2 cm³/mol. The van der Waals surface area contributed by atoms with Crippen LogP contribution in [0.5, 0.6) is 5.75 Å². The first-order chi connectivity index (χ1) is 11.6. The van der Waals surface area contributed by atoms with Crippen LogP contribution >= 0.6 is 0 Å². The highest BCUT2D eigenvalue weighted by molar-refractivity contribution is 5.94. The minimum absolute atomic E-state index is 0.532. The molecule has 0 amide bonds. The van der Waals surface area contributed by atoms with Gasteiger partial charge in [-0.2, -0.15) is 0 Å². The highest BCUT2D eigenvalue weighted by Gasteiger charge is 2.08. The standard InChI is InChI=1S/C20H28O4/c1-15-13-18-16(2)5-6-17(3)20(18)19(14-15)24-12-11-23-10-9-22-8-7-21-4/h5-6,13-14H,7-12H2,1-4H3. The van der Waals surface area contributed by atoms with Gasteiger partial charge >= 0.3 is 0 Å². The van der Waals surface area contributed by atoms with Crippen molar-refractivity contribution in [1.82, 2.24) is 0 Å². The summed E-state index contributed by atoms with van der Waals surface area (Å²) in [5, 5.41) is 2.46. The molecule has 2 rings (SSSR count). The topological polar surface area (TPSA) is 36.9 Å². The second kappa shape index (κ2) is 9.62. The lowest BCUT2D eigenvalue weighted by Gasteiger charge is -2.14. The Morgan fingerprint density at radius 1 is 0.750 bits per heavy atom. The van der Waals surface area contributed by atoms with E-state index in [1.807, 2.05) is 0 Å². The second-order valence-corrected chi connectivity index (χ2v) is 5.95. The maximum absolute atomic E-state index is 6.00. The van der Waals surface area contributed by atoms with Crippen molar-refractivity contribution in [3.63, 3.8) is 0 Å². The Kier molecular flexibility index (Phi) is 7.50. The fourth-order valence-corrected chi connectivity index (χ4v) is 2.68. The molecule has 0 unspecified atom stereocenters. The van der Waals surface area contributed by atoms with E-state index in [0.29, 0.717) is 39.6 Å². The van der Waals surface area contributed by atoms with Gasteiger partial charge in [0.15, 0.2) is 0 Å². The van der Waals surface area contributed by atoms with Crippen LogP contribution in [0.15, 0.2) is 24.3 Å². The van der Waals surface area contributed by atoms with Gasteiger partial charge in [0.25, 0.3) is 0 Å². The van der Waals surface area contributed by atoms with Crippen molar-refractivity contribution >= 4 is 10.8 Å². The third kappa shape index (κ3) is 5.20. The van der Waals surface area contributed by atoms with Gasteiger partial charge in [-0.1, -0.05) is 18.2 Å². The summed E-state index contributed by atoms with van der Waals surface area (Å²) < 4.78 is 21.8. The molecule has 2 aromatic rings. The zero-order chi connectivity index (χ0) is 17.4. The van der Waals surface area contributed by atoms with Crippen LogP contribution in [0.25, 0.3) is 10.8 Å². The summed E-state index contributed by atoms with van der Waals surface area (Å²) in [6.45, 7) is 9.80. The first kappa shape index (κ1) is 18.7. The minimum Gasteiger partial charge on any atom is -0.491 e. The van der Waals surface area contributed by atoms with Crippen molar-refractivity contribution in [3.8, 4) is 5.75 Å². The maximum Gasteiger partial charge on any atom is 0.127 e. The third-order valence-corrected chi connectivity index (χ3v) is 3.94. The Labute approximate surface area is 144 Å². The number of hydrogen-bond donors (Lipinski definition) is 0. The molecule has 24 heavy (non-hydrogen) atoms. The predicted octanol–water partition coefficient (Wildman–Crippen LogP) is 3.82. The van der Waals surface area contributed by atoms with E-state index in [1.54, 1.807) is 7.11 Å². The molecule has 0 saturated carbocycles. The number of ether oxygens (including phenoxy) is 4. The van der Waals surface area contributed by atoms with E-state index >= 15 is 0 Å². The van der Waals surface area contributed by atoms with Gasteiger partial charge in [0.1, 0.15) is 12.4 Å². The van der Waals surface area contributed by atoms with Gasteiger partial charge in [-0.25, -0.2) is 0 Å². The molecule has 4 nitrogen and oxygen atoms in total. The molecule has 0 aliphatic rings. The number of aryl methyl sites for hydroxylation is 3. The van der Waals surface area contributed by atoms with Gasteiger partial charge in [0.05, 0.1) is 33.0 Å². The zero-order valence-electron chi connectivity index (χ0n) is 15.2. The van der Waals surface area contributed by atoms with Crippen LogP contribution in [0.1, 0.15) is 16.7 Å². The van der Waals surface area contributed by atoms with Gasteiger partial charge in [-0.05, 0) is 48.9 Å². The number of fused-ring (bicyclic) bond motifs is 1. The quantitative estimate of drug-likeness (QED) is 0.620. The van der Waals surface area contributed by atoms with Crippen molar-refractivity contribution in [3.05, 3.63) is 41.0 Å². The van der Waals surface area contributed by atoms with Crippen molar-refractivity contribution in [2.75, 3.05) is 46.8 Å².